The Morgan fingerprint density at radius 2 is 0.683 bits per heavy atom. The van der Waals surface area contributed by atoms with Gasteiger partial charge in [0, 0.05) is 33.5 Å². The van der Waals surface area contributed by atoms with Gasteiger partial charge >= 0.3 is 0 Å². The molecule has 2 aliphatic rings. The van der Waals surface area contributed by atoms with Gasteiger partial charge in [-0.05, 0) is 131 Å². The molecule has 0 bridgehead atoms. The van der Waals surface area contributed by atoms with Crippen molar-refractivity contribution in [2.75, 3.05) is 4.90 Å². The largest absolute Gasteiger partial charge is 0.310 e. The summed E-state index contributed by atoms with van der Waals surface area (Å²) >= 11 is 0. The zero-order chi connectivity index (χ0) is 41.2. The molecule has 2 aliphatic carbocycles. The Bertz CT molecular complexity index is 3790. The van der Waals surface area contributed by atoms with Crippen LogP contribution in [-0.2, 0) is 5.41 Å². The highest BCUT2D eigenvalue weighted by Gasteiger charge is 2.51. The van der Waals surface area contributed by atoms with E-state index >= 15 is 0 Å². The predicted molar refractivity (Wildman–Crippen MR) is 264 cm³/mol. The van der Waals surface area contributed by atoms with Crippen molar-refractivity contribution in [3.63, 3.8) is 0 Å². The van der Waals surface area contributed by atoms with Crippen molar-refractivity contribution in [2.45, 2.75) is 5.41 Å². The standard InChI is InChI=1S/C61H38N2/c1-2-16-39(17-3-1)63-59-29-15-11-25-51(59)52-34-31-42(38-60(52)63)62(40-30-33-47-45-20-5-4-18-43(45)44-19-6-7-21-46(44)53(47)36-40)41-32-35-58-54(37-41)50-24-10-14-28-57(50)61(58)55-26-12-8-22-48(55)49-23-9-13-27-56(49)61/h1-38H. The first kappa shape index (κ1) is 34.5. The number of benzene rings is 11. The van der Waals surface area contributed by atoms with Gasteiger partial charge in [-0.15, -0.1) is 0 Å². The molecule has 1 heterocycles. The van der Waals surface area contributed by atoms with E-state index in [1.54, 1.807) is 0 Å². The summed E-state index contributed by atoms with van der Waals surface area (Å²) < 4.78 is 2.42. The number of hydrogen-bond acceptors (Lipinski definition) is 1. The minimum Gasteiger partial charge on any atom is -0.310 e. The van der Waals surface area contributed by atoms with Gasteiger partial charge in [0.2, 0.25) is 0 Å². The van der Waals surface area contributed by atoms with E-state index in [1.807, 2.05) is 0 Å². The molecular formula is C61H38N2. The van der Waals surface area contributed by atoms with Gasteiger partial charge in [0.05, 0.1) is 16.4 Å². The molecule has 2 nitrogen and oxygen atoms in total. The smallest absolute Gasteiger partial charge is 0.0725 e. The number of aromatic nitrogens is 1. The third-order valence-corrected chi connectivity index (χ3v) is 14.2. The van der Waals surface area contributed by atoms with Crippen molar-refractivity contribution in [3.05, 3.63) is 253 Å². The number of rotatable bonds is 4. The molecule has 0 saturated heterocycles. The molecule has 12 aromatic rings. The lowest BCUT2D eigenvalue weighted by molar-refractivity contribution is 0.794. The van der Waals surface area contributed by atoms with Crippen molar-refractivity contribution in [3.8, 4) is 27.9 Å². The number of nitrogens with zero attached hydrogens (tertiary/aromatic N) is 2. The van der Waals surface area contributed by atoms with E-state index in [9.17, 15) is 0 Å². The molecule has 1 aromatic heterocycles. The Morgan fingerprint density at radius 3 is 1.32 bits per heavy atom. The molecule has 0 saturated carbocycles. The molecule has 11 aromatic carbocycles. The average molecular weight is 799 g/mol. The molecule has 0 fully saturated rings. The summed E-state index contributed by atoms with van der Waals surface area (Å²) in [6, 6.07) is 85.9. The lowest BCUT2D eigenvalue weighted by Crippen LogP contribution is -2.25. The Morgan fingerprint density at radius 1 is 0.270 bits per heavy atom. The summed E-state index contributed by atoms with van der Waals surface area (Å²) in [4.78, 5) is 2.49. The van der Waals surface area contributed by atoms with Gasteiger partial charge in [0.25, 0.3) is 0 Å². The molecule has 0 unspecified atom stereocenters. The molecule has 0 N–H and O–H groups in total. The Labute approximate surface area is 365 Å². The van der Waals surface area contributed by atoms with Crippen molar-refractivity contribution in [1.82, 2.24) is 4.57 Å². The summed E-state index contributed by atoms with van der Waals surface area (Å²) in [5, 5.41) is 10.1. The fourth-order valence-electron chi connectivity index (χ4n) is 11.7. The van der Waals surface area contributed by atoms with Gasteiger partial charge in [-0.3, -0.25) is 0 Å². The second-order valence-corrected chi connectivity index (χ2v) is 17.2. The van der Waals surface area contributed by atoms with Crippen LogP contribution in [0.4, 0.5) is 17.1 Å². The van der Waals surface area contributed by atoms with Crippen LogP contribution < -0.4 is 4.90 Å². The van der Waals surface area contributed by atoms with Crippen LogP contribution in [0.2, 0.25) is 0 Å². The molecular weight excluding hydrogens is 761 g/mol. The highest BCUT2D eigenvalue weighted by molar-refractivity contribution is 6.26. The van der Waals surface area contributed by atoms with Gasteiger partial charge in [-0.25, -0.2) is 0 Å². The first-order chi connectivity index (χ1) is 31.3. The van der Waals surface area contributed by atoms with Crippen LogP contribution >= 0.6 is 0 Å². The van der Waals surface area contributed by atoms with E-state index in [4.69, 9.17) is 0 Å². The molecule has 0 atom stereocenters. The van der Waals surface area contributed by atoms with Crippen LogP contribution in [0.15, 0.2) is 231 Å². The van der Waals surface area contributed by atoms with E-state index in [-0.39, 0.29) is 0 Å². The van der Waals surface area contributed by atoms with E-state index in [1.165, 1.54) is 98.6 Å². The highest BCUT2D eigenvalue weighted by atomic mass is 15.1. The number of anilines is 3. The Kier molecular flexibility index (Phi) is 7.07. The van der Waals surface area contributed by atoms with Crippen molar-refractivity contribution >= 4 is 71.2 Å². The summed E-state index contributed by atoms with van der Waals surface area (Å²) in [6.07, 6.45) is 0. The normalized spacial score (nSPS) is 13.2. The third-order valence-electron chi connectivity index (χ3n) is 14.2. The third kappa shape index (κ3) is 4.62. The minimum absolute atomic E-state index is 0.402. The second kappa shape index (κ2) is 12.9. The first-order valence-corrected chi connectivity index (χ1v) is 21.9. The topological polar surface area (TPSA) is 8.17 Å². The lowest BCUT2D eigenvalue weighted by Gasteiger charge is -2.31. The van der Waals surface area contributed by atoms with Crippen LogP contribution in [-0.4, -0.2) is 4.57 Å². The van der Waals surface area contributed by atoms with Gasteiger partial charge in [-0.2, -0.15) is 0 Å². The Hall–Kier alpha value is -8.20. The summed E-state index contributed by atoms with van der Waals surface area (Å²) in [5.41, 5.74) is 17.0. The fraction of sp³-hybridized carbons (Fsp3) is 0.0164. The monoisotopic (exact) mass is 798 g/mol. The average Bonchev–Trinajstić information content (AvgIpc) is 3.96. The SMILES string of the molecule is c1ccc(-n2c3ccccc3c3ccc(N(c4ccc5c(c4)-c4ccccc4C54c5ccccc5-c5ccccc54)c4ccc5c6ccccc6c6ccccc6c5c4)cc32)cc1. The molecule has 14 rings (SSSR count). The molecule has 0 amide bonds. The fourth-order valence-corrected chi connectivity index (χ4v) is 11.7. The van der Waals surface area contributed by atoms with Crippen molar-refractivity contribution in [1.29, 1.82) is 0 Å². The molecule has 2 heteroatoms. The van der Waals surface area contributed by atoms with Gasteiger partial charge < -0.3 is 9.47 Å². The number of para-hydroxylation sites is 2. The Balaban J connectivity index is 1.06. The van der Waals surface area contributed by atoms with Crippen LogP contribution in [0, 0.1) is 0 Å². The quantitative estimate of drug-likeness (QED) is 0.161. The van der Waals surface area contributed by atoms with Crippen molar-refractivity contribution in [2.24, 2.45) is 0 Å². The maximum absolute atomic E-state index is 2.49. The van der Waals surface area contributed by atoms with Crippen LogP contribution in [0.5, 0.6) is 0 Å². The van der Waals surface area contributed by atoms with E-state index < -0.39 is 5.41 Å². The summed E-state index contributed by atoms with van der Waals surface area (Å²) in [5.74, 6) is 0. The van der Waals surface area contributed by atoms with Crippen LogP contribution in [0.3, 0.4) is 0 Å². The van der Waals surface area contributed by atoms with Crippen LogP contribution in [0.1, 0.15) is 22.3 Å². The van der Waals surface area contributed by atoms with E-state index in [2.05, 4.69) is 240 Å². The zero-order valence-corrected chi connectivity index (χ0v) is 34.3. The first-order valence-electron chi connectivity index (χ1n) is 21.9. The second-order valence-electron chi connectivity index (χ2n) is 17.2. The van der Waals surface area contributed by atoms with Gasteiger partial charge in [0.1, 0.15) is 0 Å². The maximum atomic E-state index is 2.49. The lowest BCUT2D eigenvalue weighted by atomic mass is 9.70. The highest BCUT2D eigenvalue weighted by Crippen LogP contribution is 2.63. The van der Waals surface area contributed by atoms with E-state index in [0.29, 0.717) is 0 Å². The van der Waals surface area contributed by atoms with E-state index in [0.717, 1.165) is 22.7 Å². The van der Waals surface area contributed by atoms with Gasteiger partial charge in [0.15, 0.2) is 0 Å². The summed E-state index contributed by atoms with van der Waals surface area (Å²) in [6.45, 7) is 0. The molecule has 63 heavy (non-hydrogen) atoms. The minimum atomic E-state index is -0.402. The summed E-state index contributed by atoms with van der Waals surface area (Å²) in [7, 11) is 0. The maximum Gasteiger partial charge on any atom is 0.0725 e. The molecule has 292 valence electrons. The number of hydrogen-bond donors (Lipinski definition) is 0. The van der Waals surface area contributed by atoms with Crippen LogP contribution in [0.25, 0.3) is 82.1 Å². The molecule has 0 radical (unpaired) electrons. The molecule has 1 spiro atoms. The zero-order valence-electron chi connectivity index (χ0n) is 34.3. The van der Waals surface area contributed by atoms with Crippen molar-refractivity contribution < 1.29 is 0 Å². The predicted octanol–water partition coefficient (Wildman–Crippen LogP) is 16.1. The van der Waals surface area contributed by atoms with Gasteiger partial charge in [-0.1, -0.05) is 176 Å². The molecule has 0 aliphatic heterocycles. The number of fused-ring (bicyclic) bond motifs is 19.